The fraction of sp³-hybridized carbons (Fsp3) is 0.103. The zero-order chi connectivity index (χ0) is 24.9. The van der Waals surface area contributed by atoms with Crippen LogP contribution in [-0.4, -0.2) is 5.91 Å². The zero-order valence-corrected chi connectivity index (χ0v) is 20.7. The van der Waals surface area contributed by atoms with Crippen LogP contribution < -0.4 is 10.1 Å². The first kappa shape index (κ1) is 24.3. The molecule has 0 aromatic heterocycles. The molecule has 4 aromatic rings. The summed E-state index contributed by atoms with van der Waals surface area (Å²) in [6, 6.07) is 24.7. The molecule has 6 heteroatoms. The van der Waals surface area contributed by atoms with Gasteiger partial charge >= 0.3 is 0 Å². The van der Waals surface area contributed by atoms with Gasteiger partial charge in [-0.1, -0.05) is 71.7 Å². The maximum atomic E-state index is 13.0. The molecule has 0 atom stereocenters. The van der Waals surface area contributed by atoms with Crippen molar-refractivity contribution in [3.63, 3.8) is 0 Å². The van der Waals surface area contributed by atoms with Gasteiger partial charge < -0.3 is 10.1 Å². The van der Waals surface area contributed by atoms with E-state index in [0.717, 1.165) is 27.5 Å². The third-order valence-electron chi connectivity index (χ3n) is 5.60. The van der Waals surface area contributed by atoms with E-state index in [1.54, 1.807) is 18.2 Å². The number of amides is 1. The van der Waals surface area contributed by atoms with Crippen molar-refractivity contribution in [2.45, 2.75) is 20.5 Å². The molecule has 0 aliphatic heterocycles. The number of rotatable bonds is 6. The SMILES string of the molecule is Cc1ccc(C)c(NC(=O)/C(C#N)=C/c2c(OCc3ccc(Cl)c(Cl)c3)ccc3ccccc23)c1. The monoisotopic (exact) mass is 500 g/mol. The summed E-state index contributed by atoms with van der Waals surface area (Å²) in [5.41, 5.74) is 4.07. The zero-order valence-electron chi connectivity index (χ0n) is 19.2. The molecule has 0 unspecified atom stereocenters. The van der Waals surface area contributed by atoms with Gasteiger partial charge in [-0.05, 0) is 71.7 Å². The Morgan fingerprint density at radius 3 is 2.57 bits per heavy atom. The van der Waals surface area contributed by atoms with Crippen molar-refractivity contribution in [1.29, 1.82) is 5.26 Å². The van der Waals surface area contributed by atoms with E-state index in [0.29, 0.717) is 27.0 Å². The van der Waals surface area contributed by atoms with Gasteiger partial charge in [-0.3, -0.25) is 4.79 Å². The molecule has 0 saturated carbocycles. The van der Waals surface area contributed by atoms with Crippen molar-refractivity contribution in [1.82, 2.24) is 0 Å². The Morgan fingerprint density at radius 2 is 1.80 bits per heavy atom. The molecule has 1 amide bonds. The Labute approximate surface area is 214 Å². The summed E-state index contributed by atoms with van der Waals surface area (Å²) >= 11 is 12.2. The summed E-state index contributed by atoms with van der Waals surface area (Å²) < 4.78 is 6.12. The average Bonchev–Trinajstić information content (AvgIpc) is 2.85. The van der Waals surface area contributed by atoms with Gasteiger partial charge in [0.05, 0.1) is 10.0 Å². The first-order valence-electron chi connectivity index (χ1n) is 10.9. The molecule has 0 bridgehead atoms. The van der Waals surface area contributed by atoms with E-state index >= 15 is 0 Å². The van der Waals surface area contributed by atoms with Crippen molar-refractivity contribution in [3.8, 4) is 11.8 Å². The van der Waals surface area contributed by atoms with Gasteiger partial charge in [0.2, 0.25) is 0 Å². The summed E-state index contributed by atoms with van der Waals surface area (Å²) in [7, 11) is 0. The first-order chi connectivity index (χ1) is 16.9. The number of hydrogen-bond donors (Lipinski definition) is 1. The molecule has 4 rings (SSSR count). The van der Waals surface area contributed by atoms with E-state index in [4.69, 9.17) is 27.9 Å². The standard InChI is InChI=1S/C29H22Cl2N2O2/c1-18-7-8-19(2)27(13-18)33-29(34)22(16-32)15-24-23-6-4-3-5-21(23)10-12-28(24)35-17-20-9-11-25(30)26(31)14-20/h3-15H,17H2,1-2H3,(H,33,34)/b22-15+. The van der Waals surface area contributed by atoms with Crippen LogP contribution in [0, 0.1) is 25.2 Å². The Kier molecular flexibility index (Phi) is 7.41. The van der Waals surface area contributed by atoms with Gasteiger partial charge in [-0.25, -0.2) is 0 Å². The fourth-order valence-corrected chi connectivity index (χ4v) is 4.01. The summed E-state index contributed by atoms with van der Waals surface area (Å²) in [6.07, 6.45) is 1.58. The number of ether oxygens (including phenoxy) is 1. The quantitative estimate of drug-likeness (QED) is 0.216. The fourth-order valence-electron chi connectivity index (χ4n) is 3.69. The minimum atomic E-state index is -0.482. The van der Waals surface area contributed by atoms with E-state index in [-0.39, 0.29) is 12.2 Å². The summed E-state index contributed by atoms with van der Waals surface area (Å²) in [5.74, 6) is 0.0617. The van der Waals surface area contributed by atoms with Gasteiger partial charge in [0.15, 0.2) is 0 Å². The van der Waals surface area contributed by atoms with Gasteiger partial charge in [-0.2, -0.15) is 5.26 Å². The highest BCUT2D eigenvalue weighted by molar-refractivity contribution is 6.42. The van der Waals surface area contributed by atoms with Crippen molar-refractivity contribution < 1.29 is 9.53 Å². The maximum Gasteiger partial charge on any atom is 0.266 e. The number of hydrogen-bond acceptors (Lipinski definition) is 3. The summed E-state index contributed by atoms with van der Waals surface area (Å²) in [4.78, 5) is 13.0. The largest absolute Gasteiger partial charge is 0.488 e. The van der Waals surface area contributed by atoms with Gasteiger partial charge in [0.1, 0.15) is 24.0 Å². The van der Waals surface area contributed by atoms with Gasteiger partial charge in [0.25, 0.3) is 5.91 Å². The first-order valence-corrected chi connectivity index (χ1v) is 11.7. The molecule has 0 radical (unpaired) electrons. The van der Waals surface area contributed by atoms with Crippen LogP contribution in [0.5, 0.6) is 5.75 Å². The molecule has 35 heavy (non-hydrogen) atoms. The Bertz CT molecular complexity index is 1500. The molecular weight excluding hydrogens is 479 g/mol. The number of anilines is 1. The van der Waals surface area contributed by atoms with Crippen LogP contribution in [0.4, 0.5) is 5.69 Å². The van der Waals surface area contributed by atoms with Crippen LogP contribution in [0.3, 0.4) is 0 Å². The minimum absolute atomic E-state index is 0.0263. The molecule has 4 nitrogen and oxygen atoms in total. The van der Waals surface area contributed by atoms with E-state index in [9.17, 15) is 10.1 Å². The number of fused-ring (bicyclic) bond motifs is 1. The molecule has 174 valence electrons. The number of nitrogens with zero attached hydrogens (tertiary/aromatic N) is 1. The molecule has 0 aliphatic rings. The predicted octanol–water partition coefficient (Wildman–Crippen LogP) is 7.89. The molecule has 0 heterocycles. The third kappa shape index (κ3) is 5.66. The lowest BCUT2D eigenvalue weighted by atomic mass is 10.0. The molecule has 0 saturated heterocycles. The Hall–Kier alpha value is -3.78. The predicted molar refractivity (Wildman–Crippen MR) is 143 cm³/mol. The minimum Gasteiger partial charge on any atom is -0.488 e. The smallest absolute Gasteiger partial charge is 0.266 e. The van der Waals surface area contributed by atoms with Crippen molar-refractivity contribution in [2.24, 2.45) is 0 Å². The summed E-state index contributed by atoms with van der Waals surface area (Å²) in [6.45, 7) is 4.10. The van der Waals surface area contributed by atoms with Crippen LogP contribution >= 0.6 is 23.2 Å². The molecular formula is C29H22Cl2N2O2. The highest BCUT2D eigenvalue weighted by atomic mass is 35.5. The average molecular weight is 501 g/mol. The van der Waals surface area contributed by atoms with Crippen LogP contribution in [0.2, 0.25) is 10.0 Å². The number of benzene rings is 4. The molecule has 0 fully saturated rings. The molecule has 4 aromatic carbocycles. The van der Waals surface area contributed by atoms with Crippen LogP contribution in [0.1, 0.15) is 22.3 Å². The topological polar surface area (TPSA) is 62.1 Å². The lowest BCUT2D eigenvalue weighted by molar-refractivity contribution is -0.112. The number of aryl methyl sites for hydroxylation is 2. The number of carbonyl (C=O) groups excluding carboxylic acids is 1. The lowest BCUT2D eigenvalue weighted by Crippen LogP contribution is -2.14. The second-order valence-corrected chi connectivity index (χ2v) is 8.99. The van der Waals surface area contributed by atoms with Crippen molar-refractivity contribution in [2.75, 3.05) is 5.32 Å². The maximum absolute atomic E-state index is 13.0. The number of carbonyl (C=O) groups is 1. The van der Waals surface area contributed by atoms with Crippen LogP contribution in [0.25, 0.3) is 16.8 Å². The van der Waals surface area contributed by atoms with Crippen LogP contribution in [-0.2, 0) is 11.4 Å². The molecule has 1 N–H and O–H groups in total. The molecule has 0 aliphatic carbocycles. The number of halogens is 2. The number of nitrogens with one attached hydrogen (secondary N) is 1. The second kappa shape index (κ2) is 10.7. The van der Waals surface area contributed by atoms with Crippen molar-refractivity contribution >= 4 is 51.6 Å². The van der Waals surface area contributed by atoms with Crippen LogP contribution in [0.15, 0.2) is 78.4 Å². The Balaban J connectivity index is 1.71. The van der Waals surface area contributed by atoms with E-state index in [2.05, 4.69) is 5.32 Å². The molecule has 0 spiro atoms. The van der Waals surface area contributed by atoms with E-state index in [1.165, 1.54) is 0 Å². The van der Waals surface area contributed by atoms with Gasteiger partial charge in [0, 0.05) is 11.3 Å². The van der Waals surface area contributed by atoms with Gasteiger partial charge in [-0.15, -0.1) is 0 Å². The lowest BCUT2D eigenvalue weighted by Gasteiger charge is -2.13. The van der Waals surface area contributed by atoms with E-state index < -0.39 is 5.91 Å². The van der Waals surface area contributed by atoms with Crippen molar-refractivity contribution in [3.05, 3.63) is 111 Å². The summed E-state index contributed by atoms with van der Waals surface area (Å²) in [5, 5.41) is 15.5. The second-order valence-electron chi connectivity index (χ2n) is 8.18. The third-order valence-corrected chi connectivity index (χ3v) is 6.34. The highest BCUT2D eigenvalue weighted by Gasteiger charge is 2.15. The normalized spacial score (nSPS) is 11.2. The highest BCUT2D eigenvalue weighted by Crippen LogP contribution is 2.32. The number of nitriles is 1. The van der Waals surface area contributed by atoms with E-state index in [1.807, 2.05) is 80.6 Å². The Morgan fingerprint density at radius 1 is 1.00 bits per heavy atom.